The third-order valence-corrected chi connectivity index (χ3v) is 5.00. The standard InChI is InChI=1S/C20H22N4O2/c25-19(22-9-12-24-10-2-1-3-11-24)14-6-7-17-16(13-14)18-15(20(26)23-17)5-4-8-21-18/h4-8,13H,1-3,9-12H2,(H,22,25)(H,23,26). The minimum Gasteiger partial charge on any atom is -0.351 e. The summed E-state index contributed by atoms with van der Waals surface area (Å²) in [7, 11) is 0. The molecule has 6 heteroatoms. The summed E-state index contributed by atoms with van der Waals surface area (Å²) in [6.45, 7) is 3.77. The highest BCUT2D eigenvalue weighted by Gasteiger charge is 2.12. The van der Waals surface area contributed by atoms with Gasteiger partial charge in [0.2, 0.25) is 0 Å². The Morgan fingerprint density at radius 2 is 2.00 bits per heavy atom. The molecule has 3 heterocycles. The van der Waals surface area contributed by atoms with Gasteiger partial charge in [0.05, 0.1) is 16.4 Å². The summed E-state index contributed by atoms with van der Waals surface area (Å²) >= 11 is 0. The summed E-state index contributed by atoms with van der Waals surface area (Å²) < 4.78 is 0. The average Bonchev–Trinajstić information content (AvgIpc) is 2.69. The summed E-state index contributed by atoms with van der Waals surface area (Å²) in [5.41, 5.74) is 1.72. The second-order valence-electron chi connectivity index (χ2n) is 6.77. The highest BCUT2D eigenvalue weighted by atomic mass is 16.1. The van der Waals surface area contributed by atoms with Gasteiger partial charge in [-0.05, 0) is 56.3 Å². The van der Waals surface area contributed by atoms with E-state index >= 15 is 0 Å². The molecule has 0 radical (unpaired) electrons. The van der Waals surface area contributed by atoms with Crippen molar-refractivity contribution < 1.29 is 4.79 Å². The molecular formula is C20H22N4O2. The largest absolute Gasteiger partial charge is 0.351 e. The third-order valence-electron chi connectivity index (χ3n) is 5.00. The van der Waals surface area contributed by atoms with Gasteiger partial charge < -0.3 is 15.2 Å². The zero-order valence-corrected chi connectivity index (χ0v) is 14.6. The van der Waals surface area contributed by atoms with E-state index in [9.17, 15) is 9.59 Å². The number of hydrogen-bond acceptors (Lipinski definition) is 4. The molecule has 1 aromatic carbocycles. The predicted molar refractivity (Wildman–Crippen MR) is 102 cm³/mol. The van der Waals surface area contributed by atoms with Gasteiger partial charge in [-0.2, -0.15) is 0 Å². The highest BCUT2D eigenvalue weighted by molar-refractivity contribution is 6.06. The Morgan fingerprint density at radius 3 is 2.85 bits per heavy atom. The number of piperidine rings is 1. The normalized spacial score (nSPS) is 15.4. The van der Waals surface area contributed by atoms with Crippen LogP contribution in [0.5, 0.6) is 0 Å². The SMILES string of the molecule is O=C(NCCN1CCCCC1)c1ccc2[nH]c(=O)c3cccnc3c2c1. The van der Waals surface area contributed by atoms with E-state index < -0.39 is 0 Å². The van der Waals surface area contributed by atoms with Gasteiger partial charge in [0.1, 0.15) is 0 Å². The zero-order valence-electron chi connectivity index (χ0n) is 14.6. The number of amides is 1. The summed E-state index contributed by atoms with van der Waals surface area (Å²) in [6.07, 6.45) is 5.46. The Bertz CT molecular complexity index is 1010. The molecule has 0 unspecified atom stereocenters. The number of carbonyl (C=O) groups is 1. The molecule has 2 N–H and O–H groups in total. The Hall–Kier alpha value is -2.73. The molecule has 3 aromatic rings. The monoisotopic (exact) mass is 350 g/mol. The van der Waals surface area contributed by atoms with E-state index in [1.165, 1.54) is 19.3 Å². The summed E-state index contributed by atoms with van der Waals surface area (Å²) in [5.74, 6) is -0.0980. The number of aromatic nitrogens is 2. The molecule has 0 aliphatic carbocycles. The van der Waals surface area contributed by atoms with Crippen molar-refractivity contribution in [3.05, 3.63) is 52.4 Å². The number of fused-ring (bicyclic) bond motifs is 3. The minimum atomic E-state index is -0.167. The predicted octanol–water partition coefficient (Wildman–Crippen LogP) is 2.29. The molecule has 0 atom stereocenters. The first-order valence-corrected chi connectivity index (χ1v) is 9.14. The van der Waals surface area contributed by atoms with Gasteiger partial charge in [-0.25, -0.2) is 0 Å². The Labute approximate surface area is 151 Å². The van der Waals surface area contributed by atoms with E-state index in [2.05, 4.69) is 20.2 Å². The molecule has 26 heavy (non-hydrogen) atoms. The van der Waals surface area contributed by atoms with E-state index in [4.69, 9.17) is 0 Å². The minimum absolute atomic E-state index is 0.0980. The van der Waals surface area contributed by atoms with Crippen LogP contribution in [-0.4, -0.2) is 47.0 Å². The van der Waals surface area contributed by atoms with E-state index in [1.54, 1.807) is 36.5 Å². The highest BCUT2D eigenvalue weighted by Crippen LogP contribution is 2.20. The molecule has 2 aromatic heterocycles. The average molecular weight is 350 g/mol. The molecule has 0 bridgehead atoms. The number of H-pyrrole nitrogens is 1. The van der Waals surface area contributed by atoms with Gasteiger partial charge in [0, 0.05) is 30.2 Å². The second kappa shape index (κ2) is 7.25. The van der Waals surface area contributed by atoms with E-state index in [1.807, 2.05) is 0 Å². The molecule has 1 fully saturated rings. The number of nitrogens with one attached hydrogen (secondary N) is 2. The number of aromatic amines is 1. The molecule has 1 aliphatic rings. The van der Waals surface area contributed by atoms with Gasteiger partial charge in [-0.15, -0.1) is 0 Å². The van der Waals surface area contributed by atoms with Gasteiger partial charge >= 0.3 is 0 Å². The van der Waals surface area contributed by atoms with Crippen LogP contribution in [0, 0.1) is 0 Å². The molecule has 4 rings (SSSR count). The molecular weight excluding hydrogens is 328 g/mol. The number of pyridine rings is 2. The van der Waals surface area contributed by atoms with E-state index in [-0.39, 0.29) is 11.5 Å². The Morgan fingerprint density at radius 1 is 1.15 bits per heavy atom. The molecule has 134 valence electrons. The lowest BCUT2D eigenvalue weighted by Crippen LogP contribution is -2.37. The maximum Gasteiger partial charge on any atom is 0.257 e. The van der Waals surface area contributed by atoms with Crippen molar-refractivity contribution in [2.45, 2.75) is 19.3 Å². The van der Waals surface area contributed by atoms with Crippen LogP contribution in [0.15, 0.2) is 41.3 Å². The van der Waals surface area contributed by atoms with Gasteiger partial charge in [-0.1, -0.05) is 6.42 Å². The van der Waals surface area contributed by atoms with Crippen LogP contribution in [0.1, 0.15) is 29.6 Å². The van der Waals surface area contributed by atoms with E-state index in [0.29, 0.717) is 28.5 Å². The number of hydrogen-bond donors (Lipinski definition) is 2. The first-order valence-electron chi connectivity index (χ1n) is 9.14. The van der Waals surface area contributed by atoms with Crippen molar-refractivity contribution in [2.75, 3.05) is 26.2 Å². The molecule has 6 nitrogen and oxygen atoms in total. The summed E-state index contributed by atoms with van der Waals surface area (Å²) in [5, 5.41) is 4.31. The lowest BCUT2D eigenvalue weighted by Gasteiger charge is -2.26. The summed E-state index contributed by atoms with van der Waals surface area (Å²) in [4.78, 5) is 34.2. The molecule has 0 spiro atoms. The quantitative estimate of drug-likeness (QED) is 0.708. The van der Waals surface area contributed by atoms with Gasteiger partial charge in [0.15, 0.2) is 0 Å². The molecule has 1 amide bonds. The van der Waals surface area contributed by atoms with Crippen molar-refractivity contribution in [1.29, 1.82) is 0 Å². The van der Waals surface area contributed by atoms with Crippen LogP contribution in [0.4, 0.5) is 0 Å². The van der Waals surface area contributed by atoms with Crippen LogP contribution >= 0.6 is 0 Å². The Balaban J connectivity index is 1.54. The number of rotatable bonds is 4. The smallest absolute Gasteiger partial charge is 0.257 e. The lowest BCUT2D eigenvalue weighted by atomic mass is 10.1. The molecule has 1 aliphatic heterocycles. The second-order valence-corrected chi connectivity index (χ2v) is 6.77. The fraction of sp³-hybridized carbons (Fsp3) is 0.350. The fourth-order valence-electron chi connectivity index (χ4n) is 3.60. The first-order chi connectivity index (χ1) is 12.7. The van der Waals surface area contributed by atoms with Gasteiger partial charge in [-0.3, -0.25) is 14.6 Å². The van der Waals surface area contributed by atoms with Crippen LogP contribution in [0.3, 0.4) is 0 Å². The van der Waals surface area contributed by atoms with Crippen molar-refractivity contribution >= 4 is 27.7 Å². The molecule has 0 saturated carbocycles. The number of benzene rings is 1. The maximum absolute atomic E-state index is 12.5. The van der Waals surface area contributed by atoms with E-state index in [0.717, 1.165) is 25.0 Å². The fourth-order valence-corrected chi connectivity index (χ4v) is 3.60. The lowest BCUT2D eigenvalue weighted by molar-refractivity contribution is 0.0946. The molecule has 1 saturated heterocycles. The van der Waals surface area contributed by atoms with Crippen LogP contribution in [-0.2, 0) is 0 Å². The van der Waals surface area contributed by atoms with Gasteiger partial charge in [0.25, 0.3) is 11.5 Å². The zero-order chi connectivity index (χ0) is 17.9. The van der Waals surface area contributed by atoms with Crippen molar-refractivity contribution in [3.63, 3.8) is 0 Å². The topological polar surface area (TPSA) is 78.1 Å². The number of carbonyl (C=O) groups excluding carboxylic acids is 1. The van der Waals surface area contributed by atoms with Crippen molar-refractivity contribution in [2.24, 2.45) is 0 Å². The van der Waals surface area contributed by atoms with Crippen molar-refractivity contribution in [1.82, 2.24) is 20.2 Å². The number of nitrogens with zero attached hydrogens (tertiary/aromatic N) is 2. The van der Waals surface area contributed by atoms with Crippen LogP contribution < -0.4 is 10.9 Å². The van der Waals surface area contributed by atoms with Crippen LogP contribution in [0.25, 0.3) is 21.8 Å². The summed E-state index contributed by atoms with van der Waals surface area (Å²) in [6, 6.07) is 8.79. The third kappa shape index (κ3) is 3.32. The maximum atomic E-state index is 12.5. The number of likely N-dealkylation sites (tertiary alicyclic amines) is 1. The van der Waals surface area contributed by atoms with Crippen molar-refractivity contribution in [3.8, 4) is 0 Å². The Kier molecular flexibility index (Phi) is 4.67. The van der Waals surface area contributed by atoms with Crippen LogP contribution in [0.2, 0.25) is 0 Å². The first kappa shape index (κ1) is 16.7.